The Morgan fingerprint density at radius 3 is 2.39 bits per heavy atom. The fourth-order valence-electron chi connectivity index (χ4n) is 1.67. The zero-order chi connectivity index (χ0) is 13.1. The largest absolute Gasteiger partial charge is 0.496 e. The first-order chi connectivity index (χ1) is 8.61. The number of nitrogen functional groups attached to an aromatic ring is 1. The van der Waals surface area contributed by atoms with Crippen molar-refractivity contribution >= 4 is 5.95 Å². The van der Waals surface area contributed by atoms with Gasteiger partial charge in [-0.1, -0.05) is 18.2 Å². The summed E-state index contributed by atoms with van der Waals surface area (Å²) in [5.74, 6) is -0.168. The van der Waals surface area contributed by atoms with Gasteiger partial charge in [0.1, 0.15) is 5.75 Å². The average molecular weight is 247 g/mol. The monoisotopic (exact) mass is 247 g/mol. The van der Waals surface area contributed by atoms with E-state index >= 15 is 0 Å². The first kappa shape index (κ1) is 12.0. The first-order valence-corrected chi connectivity index (χ1v) is 5.28. The predicted molar refractivity (Wildman–Crippen MR) is 65.6 cm³/mol. The maximum absolute atomic E-state index is 9.67. The Kier molecular flexibility index (Phi) is 3.18. The molecule has 0 aliphatic heterocycles. The van der Waals surface area contributed by atoms with Crippen LogP contribution in [0.1, 0.15) is 11.1 Å². The van der Waals surface area contributed by atoms with E-state index in [1.165, 1.54) is 0 Å². The van der Waals surface area contributed by atoms with Gasteiger partial charge in [0.25, 0.3) is 0 Å². The van der Waals surface area contributed by atoms with Crippen LogP contribution in [0.4, 0.5) is 5.95 Å². The highest BCUT2D eigenvalue weighted by Crippen LogP contribution is 2.29. The maximum atomic E-state index is 9.67. The van der Waals surface area contributed by atoms with Gasteiger partial charge >= 0.3 is 0 Å². The molecule has 0 saturated heterocycles. The Morgan fingerprint density at radius 2 is 1.78 bits per heavy atom. The van der Waals surface area contributed by atoms with Crippen molar-refractivity contribution in [2.75, 3.05) is 12.8 Å². The fraction of sp³-hybridized carbons (Fsp3) is 0.167. The maximum Gasteiger partial charge on any atom is 0.226 e. The van der Waals surface area contributed by atoms with Gasteiger partial charge in [-0.05, 0) is 11.6 Å². The summed E-state index contributed by atoms with van der Waals surface area (Å²) in [7, 11) is 1.55. The summed E-state index contributed by atoms with van der Waals surface area (Å²) in [6, 6.07) is 7.29. The molecule has 1 aromatic heterocycles. The lowest BCUT2D eigenvalue weighted by Gasteiger charge is -2.10. The van der Waals surface area contributed by atoms with E-state index < -0.39 is 0 Å². The van der Waals surface area contributed by atoms with Crippen LogP contribution in [-0.2, 0) is 6.42 Å². The highest BCUT2D eigenvalue weighted by atomic mass is 16.5. The predicted octanol–water partition coefficient (Wildman–Crippen LogP) is 1.07. The van der Waals surface area contributed by atoms with Gasteiger partial charge in [-0.15, -0.1) is 0 Å². The Balaban J connectivity index is 2.40. The number of benzene rings is 1. The molecular weight excluding hydrogens is 234 g/mol. The van der Waals surface area contributed by atoms with Crippen molar-refractivity contribution in [1.29, 1.82) is 0 Å². The van der Waals surface area contributed by atoms with Crippen molar-refractivity contribution in [3.05, 3.63) is 35.4 Å². The number of nitrogens with zero attached hydrogens (tertiary/aromatic N) is 2. The molecule has 94 valence electrons. The van der Waals surface area contributed by atoms with E-state index in [2.05, 4.69) is 9.97 Å². The number of aromatic nitrogens is 2. The molecule has 4 N–H and O–H groups in total. The van der Waals surface area contributed by atoms with Crippen molar-refractivity contribution in [3.63, 3.8) is 0 Å². The molecule has 0 aliphatic carbocycles. The summed E-state index contributed by atoms with van der Waals surface area (Å²) in [5, 5.41) is 19.3. The molecule has 0 bridgehead atoms. The molecule has 2 aromatic rings. The van der Waals surface area contributed by atoms with Gasteiger partial charge in [0.15, 0.2) is 0 Å². The second kappa shape index (κ2) is 4.79. The summed E-state index contributed by atoms with van der Waals surface area (Å²) in [4.78, 5) is 7.21. The zero-order valence-electron chi connectivity index (χ0n) is 9.79. The lowest BCUT2D eigenvalue weighted by Crippen LogP contribution is -2.00. The third-order valence-electron chi connectivity index (χ3n) is 2.54. The van der Waals surface area contributed by atoms with Gasteiger partial charge in [0.2, 0.25) is 17.7 Å². The van der Waals surface area contributed by atoms with Gasteiger partial charge in [-0.25, -0.2) is 0 Å². The van der Waals surface area contributed by atoms with Crippen LogP contribution in [0.2, 0.25) is 0 Å². The number of nitrogens with two attached hydrogens (primary N) is 1. The minimum absolute atomic E-state index is 0.172. The lowest BCUT2D eigenvalue weighted by atomic mass is 10.1. The quantitative estimate of drug-likeness (QED) is 0.749. The van der Waals surface area contributed by atoms with Crippen LogP contribution in [-0.4, -0.2) is 27.3 Å². The number of para-hydroxylation sites is 1. The van der Waals surface area contributed by atoms with Crippen molar-refractivity contribution < 1.29 is 14.9 Å². The Morgan fingerprint density at radius 1 is 1.17 bits per heavy atom. The smallest absolute Gasteiger partial charge is 0.226 e. The van der Waals surface area contributed by atoms with Crippen molar-refractivity contribution in [3.8, 4) is 17.5 Å². The van der Waals surface area contributed by atoms with Crippen LogP contribution in [0.3, 0.4) is 0 Å². The molecular formula is C12H13N3O3. The highest BCUT2D eigenvalue weighted by molar-refractivity contribution is 5.45. The molecule has 0 atom stereocenters. The number of hydrogen-bond acceptors (Lipinski definition) is 6. The molecule has 0 fully saturated rings. The van der Waals surface area contributed by atoms with E-state index in [0.717, 1.165) is 5.56 Å². The third-order valence-corrected chi connectivity index (χ3v) is 2.54. The van der Waals surface area contributed by atoms with Gasteiger partial charge in [-0.2, -0.15) is 9.97 Å². The Labute approximate surface area is 104 Å². The minimum Gasteiger partial charge on any atom is -0.496 e. The second-order valence-electron chi connectivity index (χ2n) is 3.70. The summed E-state index contributed by atoms with van der Waals surface area (Å²) in [6.45, 7) is 0. The van der Waals surface area contributed by atoms with Crippen molar-refractivity contribution in [1.82, 2.24) is 9.97 Å². The molecule has 0 radical (unpaired) electrons. The molecule has 6 heteroatoms. The molecule has 0 amide bonds. The molecule has 0 spiro atoms. The van der Waals surface area contributed by atoms with Crippen LogP contribution in [0.5, 0.6) is 17.5 Å². The van der Waals surface area contributed by atoms with E-state index in [9.17, 15) is 10.2 Å². The first-order valence-electron chi connectivity index (χ1n) is 5.28. The Hall–Kier alpha value is -2.50. The van der Waals surface area contributed by atoms with E-state index in [-0.39, 0.29) is 29.7 Å². The minimum atomic E-state index is -0.328. The normalized spacial score (nSPS) is 10.3. The molecule has 0 saturated carbocycles. The number of rotatable bonds is 3. The van der Waals surface area contributed by atoms with E-state index in [1.807, 2.05) is 18.2 Å². The summed E-state index contributed by atoms with van der Waals surface area (Å²) in [5.41, 5.74) is 6.33. The van der Waals surface area contributed by atoms with Crippen molar-refractivity contribution in [2.24, 2.45) is 0 Å². The van der Waals surface area contributed by atoms with Gasteiger partial charge in [-0.3, -0.25) is 0 Å². The van der Waals surface area contributed by atoms with Gasteiger partial charge in [0.05, 0.1) is 12.7 Å². The number of hydrogen-bond donors (Lipinski definition) is 3. The van der Waals surface area contributed by atoms with Crippen LogP contribution in [0.25, 0.3) is 0 Å². The topological polar surface area (TPSA) is 101 Å². The highest BCUT2D eigenvalue weighted by Gasteiger charge is 2.14. The number of anilines is 1. The van der Waals surface area contributed by atoms with E-state index in [1.54, 1.807) is 13.2 Å². The summed E-state index contributed by atoms with van der Waals surface area (Å²) in [6.07, 6.45) is 0.252. The molecule has 2 rings (SSSR count). The number of ether oxygens (including phenoxy) is 1. The summed E-state index contributed by atoms with van der Waals surface area (Å²) >= 11 is 0. The van der Waals surface area contributed by atoms with Gasteiger partial charge < -0.3 is 20.7 Å². The molecule has 1 aromatic carbocycles. The summed E-state index contributed by atoms with van der Waals surface area (Å²) < 4.78 is 5.19. The molecule has 0 aliphatic rings. The Bertz CT molecular complexity index is 549. The van der Waals surface area contributed by atoms with E-state index in [4.69, 9.17) is 10.5 Å². The zero-order valence-corrected chi connectivity index (χ0v) is 9.79. The molecule has 18 heavy (non-hydrogen) atoms. The van der Waals surface area contributed by atoms with Crippen LogP contribution in [0, 0.1) is 0 Å². The van der Waals surface area contributed by atoms with Gasteiger partial charge in [0, 0.05) is 6.42 Å². The molecule has 6 nitrogen and oxygen atoms in total. The third kappa shape index (κ3) is 2.27. The SMILES string of the molecule is COc1ccccc1Cc1c(O)nc(N)nc1O. The van der Waals surface area contributed by atoms with Crippen LogP contribution < -0.4 is 10.5 Å². The standard InChI is InChI=1S/C12H13N3O3/c1-18-9-5-3-2-4-7(9)6-8-10(16)14-12(13)15-11(8)17/h2-5H,6H2,1H3,(H4,13,14,15,16,17). The number of methoxy groups -OCH3 is 1. The van der Waals surface area contributed by atoms with Crippen molar-refractivity contribution in [2.45, 2.75) is 6.42 Å². The fourth-order valence-corrected chi connectivity index (χ4v) is 1.67. The molecule has 1 heterocycles. The number of aromatic hydroxyl groups is 2. The van der Waals surface area contributed by atoms with Crippen LogP contribution >= 0.6 is 0 Å². The lowest BCUT2D eigenvalue weighted by molar-refractivity contribution is 0.404. The van der Waals surface area contributed by atoms with Crippen LogP contribution in [0.15, 0.2) is 24.3 Å². The molecule has 0 unspecified atom stereocenters. The average Bonchev–Trinajstić information content (AvgIpc) is 2.34. The van der Waals surface area contributed by atoms with E-state index in [0.29, 0.717) is 5.75 Å². The second-order valence-corrected chi connectivity index (χ2v) is 3.70.